The third-order valence-electron chi connectivity index (χ3n) is 2.37. The second kappa shape index (κ2) is 5.63. The van der Waals surface area contributed by atoms with Crippen molar-refractivity contribution in [3.63, 3.8) is 0 Å². The van der Waals surface area contributed by atoms with E-state index >= 15 is 0 Å². The summed E-state index contributed by atoms with van der Waals surface area (Å²) in [6.45, 7) is 0.935. The second-order valence-electron chi connectivity index (χ2n) is 4.06. The van der Waals surface area contributed by atoms with E-state index in [0.29, 0.717) is 0 Å². The zero-order chi connectivity index (χ0) is 12.1. The Balaban J connectivity index is 2.74. The lowest BCUT2D eigenvalue weighted by molar-refractivity contribution is -0.117. The topological polar surface area (TPSA) is 49.6 Å². The van der Waals surface area contributed by atoms with Gasteiger partial charge in [0, 0.05) is 19.3 Å². The molecule has 2 N–H and O–H groups in total. The molecule has 0 atom stereocenters. The number of anilines is 1. The van der Waals surface area contributed by atoms with Crippen molar-refractivity contribution in [2.45, 2.75) is 6.54 Å². The summed E-state index contributed by atoms with van der Waals surface area (Å²) in [5, 5.41) is 0. The standard InChI is InChI=1S/C12H19N3O/c1-14(2)9-10-4-6-11(7-5-10)15(3)12(16)8-13/h4-7H,8-9,13H2,1-3H3. The van der Waals surface area contributed by atoms with Gasteiger partial charge in [0.25, 0.3) is 0 Å². The lowest BCUT2D eigenvalue weighted by atomic mass is 10.2. The van der Waals surface area contributed by atoms with E-state index in [-0.39, 0.29) is 12.5 Å². The largest absolute Gasteiger partial charge is 0.322 e. The van der Waals surface area contributed by atoms with E-state index < -0.39 is 0 Å². The molecule has 88 valence electrons. The molecular weight excluding hydrogens is 202 g/mol. The van der Waals surface area contributed by atoms with Gasteiger partial charge in [-0.2, -0.15) is 0 Å². The van der Waals surface area contributed by atoms with E-state index in [1.165, 1.54) is 5.56 Å². The highest BCUT2D eigenvalue weighted by Gasteiger charge is 2.08. The Morgan fingerprint density at radius 1 is 1.19 bits per heavy atom. The fourth-order valence-corrected chi connectivity index (χ4v) is 1.47. The highest BCUT2D eigenvalue weighted by Crippen LogP contribution is 2.14. The number of likely N-dealkylation sites (N-methyl/N-ethyl adjacent to an activating group) is 1. The number of hydrogen-bond donors (Lipinski definition) is 1. The van der Waals surface area contributed by atoms with Crippen molar-refractivity contribution >= 4 is 11.6 Å². The summed E-state index contributed by atoms with van der Waals surface area (Å²) in [5.74, 6) is -0.0830. The molecule has 0 unspecified atom stereocenters. The summed E-state index contributed by atoms with van der Waals surface area (Å²) >= 11 is 0. The number of amides is 1. The van der Waals surface area contributed by atoms with E-state index in [1.807, 2.05) is 38.4 Å². The van der Waals surface area contributed by atoms with Crippen LogP contribution in [0.15, 0.2) is 24.3 Å². The molecule has 1 amide bonds. The number of rotatable bonds is 4. The van der Waals surface area contributed by atoms with E-state index in [2.05, 4.69) is 4.90 Å². The molecule has 0 aliphatic rings. The van der Waals surface area contributed by atoms with Crippen LogP contribution in [-0.2, 0) is 11.3 Å². The fourth-order valence-electron chi connectivity index (χ4n) is 1.47. The molecule has 0 saturated carbocycles. The average Bonchev–Trinajstić information content (AvgIpc) is 2.27. The zero-order valence-electron chi connectivity index (χ0n) is 10.1. The van der Waals surface area contributed by atoms with Gasteiger partial charge in [-0.3, -0.25) is 4.79 Å². The van der Waals surface area contributed by atoms with Crippen LogP contribution in [0.2, 0.25) is 0 Å². The third-order valence-corrected chi connectivity index (χ3v) is 2.37. The van der Waals surface area contributed by atoms with Gasteiger partial charge in [-0.05, 0) is 31.8 Å². The van der Waals surface area contributed by atoms with Gasteiger partial charge in [0.05, 0.1) is 6.54 Å². The molecule has 1 rings (SSSR count). The van der Waals surface area contributed by atoms with Crippen LogP contribution < -0.4 is 10.6 Å². The van der Waals surface area contributed by atoms with Crippen LogP contribution in [-0.4, -0.2) is 38.5 Å². The Labute approximate surface area is 96.6 Å². The first-order chi connectivity index (χ1) is 7.54. The molecule has 0 spiro atoms. The molecule has 0 aliphatic heterocycles. The minimum Gasteiger partial charge on any atom is -0.322 e. The van der Waals surface area contributed by atoms with Crippen molar-refractivity contribution < 1.29 is 4.79 Å². The third kappa shape index (κ3) is 3.32. The summed E-state index contributed by atoms with van der Waals surface area (Å²) in [5.41, 5.74) is 7.41. The predicted molar refractivity (Wildman–Crippen MR) is 66.3 cm³/mol. The van der Waals surface area contributed by atoms with Crippen molar-refractivity contribution in [1.82, 2.24) is 4.90 Å². The number of nitrogens with two attached hydrogens (primary N) is 1. The van der Waals surface area contributed by atoms with Crippen LogP contribution in [0, 0.1) is 0 Å². The highest BCUT2D eigenvalue weighted by atomic mass is 16.2. The van der Waals surface area contributed by atoms with Gasteiger partial charge in [0.15, 0.2) is 0 Å². The van der Waals surface area contributed by atoms with Crippen molar-refractivity contribution in [2.75, 3.05) is 32.6 Å². The first-order valence-corrected chi connectivity index (χ1v) is 5.25. The van der Waals surface area contributed by atoms with E-state index in [4.69, 9.17) is 5.73 Å². The molecule has 0 bridgehead atoms. The van der Waals surface area contributed by atoms with Crippen molar-refractivity contribution in [3.8, 4) is 0 Å². The second-order valence-corrected chi connectivity index (χ2v) is 4.06. The monoisotopic (exact) mass is 221 g/mol. The van der Waals surface area contributed by atoms with Gasteiger partial charge in [0.1, 0.15) is 0 Å². The maximum absolute atomic E-state index is 11.4. The fraction of sp³-hybridized carbons (Fsp3) is 0.417. The van der Waals surface area contributed by atoms with Crippen molar-refractivity contribution in [3.05, 3.63) is 29.8 Å². The first kappa shape index (κ1) is 12.7. The number of hydrogen-bond acceptors (Lipinski definition) is 3. The summed E-state index contributed by atoms with van der Waals surface area (Å²) in [4.78, 5) is 15.0. The molecule has 0 aromatic heterocycles. The number of benzene rings is 1. The predicted octanol–water partition coefficient (Wildman–Crippen LogP) is 0.670. The van der Waals surface area contributed by atoms with E-state index in [1.54, 1.807) is 11.9 Å². The van der Waals surface area contributed by atoms with Gasteiger partial charge in [0.2, 0.25) is 5.91 Å². The van der Waals surface area contributed by atoms with Crippen molar-refractivity contribution in [2.24, 2.45) is 5.73 Å². The molecule has 16 heavy (non-hydrogen) atoms. The minimum absolute atomic E-state index is 0.0376. The Bertz CT molecular complexity index is 346. The molecule has 0 saturated heterocycles. The highest BCUT2D eigenvalue weighted by molar-refractivity contribution is 5.94. The number of carbonyl (C=O) groups excluding carboxylic acids is 1. The minimum atomic E-state index is -0.0830. The average molecular weight is 221 g/mol. The number of carbonyl (C=O) groups is 1. The Kier molecular flexibility index (Phi) is 4.46. The first-order valence-electron chi connectivity index (χ1n) is 5.25. The molecular formula is C12H19N3O. The molecule has 4 heteroatoms. The SMILES string of the molecule is CN(C)Cc1ccc(N(C)C(=O)CN)cc1. The summed E-state index contributed by atoms with van der Waals surface area (Å²) in [6, 6.07) is 7.92. The van der Waals surface area contributed by atoms with Crippen molar-refractivity contribution in [1.29, 1.82) is 0 Å². The maximum Gasteiger partial charge on any atom is 0.240 e. The Morgan fingerprint density at radius 2 is 1.75 bits per heavy atom. The molecule has 1 aromatic carbocycles. The van der Waals surface area contributed by atoms with Crippen LogP contribution in [0.25, 0.3) is 0 Å². The smallest absolute Gasteiger partial charge is 0.240 e. The molecule has 0 fully saturated rings. The van der Waals surface area contributed by atoms with E-state index in [9.17, 15) is 4.79 Å². The molecule has 0 aliphatic carbocycles. The van der Waals surface area contributed by atoms with Crippen LogP contribution >= 0.6 is 0 Å². The molecule has 0 radical (unpaired) electrons. The van der Waals surface area contributed by atoms with E-state index in [0.717, 1.165) is 12.2 Å². The molecule has 0 heterocycles. The van der Waals surface area contributed by atoms with Gasteiger partial charge in [-0.15, -0.1) is 0 Å². The van der Waals surface area contributed by atoms with Gasteiger partial charge in [-0.25, -0.2) is 0 Å². The summed E-state index contributed by atoms with van der Waals surface area (Å²) in [6.07, 6.45) is 0. The number of nitrogens with zero attached hydrogens (tertiary/aromatic N) is 2. The summed E-state index contributed by atoms with van der Waals surface area (Å²) < 4.78 is 0. The van der Waals surface area contributed by atoms with Crippen LogP contribution in [0.3, 0.4) is 0 Å². The Morgan fingerprint density at radius 3 is 2.19 bits per heavy atom. The normalized spacial score (nSPS) is 10.6. The van der Waals surface area contributed by atoms with Gasteiger partial charge < -0.3 is 15.5 Å². The molecule has 1 aromatic rings. The molecule has 4 nitrogen and oxygen atoms in total. The van der Waals surface area contributed by atoms with Gasteiger partial charge in [-0.1, -0.05) is 12.1 Å². The van der Waals surface area contributed by atoms with Crippen LogP contribution in [0.1, 0.15) is 5.56 Å². The lowest BCUT2D eigenvalue weighted by Gasteiger charge is -2.17. The lowest BCUT2D eigenvalue weighted by Crippen LogP contribution is -2.32. The Hall–Kier alpha value is -1.39. The quantitative estimate of drug-likeness (QED) is 0.813. The van der Waals surface area contributed by atoms with Gasteiger partial charge >= 0.3 is 0 Å². The van der Waals surface area contributed by atoms with Crippen LogP contribution in [0.4, 0.5) is 5.69 Å². The van der Waals surface area contributed by atoms with Crippen LogP contribution in [0.5, 0.6) is 0 Å². The summed E-state index contributed by atoms with van der Waals surface area (Å²) in [7, 11) is 5.78. The zero-order valence-corrected chi connectivity index (χ0v) is 10.1. The maximum atomic E-state index is 11.4.